The van der Waals surface area contributed by atoms with Crippen molar-refractivity contribution in [3.05, 3.63) is 89.5 Å². The van der Waals surface area contributed by atoms with Crippen LogP contribution < -0.4 is 10.6 Å². The smallest absolute Gasteiger partial charge is 0.257 e. The van der Waals surface area contributed by atoms with Gasteiger partial charge in [-0.15, -0.1) is 0 Å². The maximum atomic E-state index is 12.7. The van der Waals surface area contributed by atoms with E-state index in [4.69, 9.17) is 0 Å². The van der Waals surface area contributed by atoms with Gasteiger partial charge in [-0.1, -0.05) is 42.5 Å². The van der Waals surface area contributed by atoms with Gasteiger partial charge in [0.15, 0.2) is 0 Å². The number of amides is 1. The van der Waals surface area contributed by atoms with E-state index in [2.05, 4.69) is 10.6 Å². The van der Waals surface area contributed by atoms with Crippen LogP contribution in [0.15, 0.2) is 72.8 Å². The zero-order valence-corrected chi connectivity index (χ0v) is 13.8. The Kier molecular flexibility index (Phi) is 4.62. The molecule has 0 saturated carbocycles. The molecule has 2 N–H and O–H groups in total. The predicted molar refractivity (Wildman–Crippen MR) is 100 cm³/mol. The van der Waals surface area contributed by atoms with Crippen molar-refractivity contribution >= 4 is 23.0 Å². The van der Waals surface area contributed by atoms with Crippen molar-refractivity contribution in [1.29, 1.82) is 0 Å². The fourth-order valence-electron chi connectivity index (χ4n) is 2.53. The SMILES string of the molecule is Cc1ccc(C)c(NC(=O)c2ccccc2Nc2ccccc2)c1. The van der Waals surface area contributed by atoms with Crippen LogP contribution in [0, 0.1) is 13.8 Å². The molecule has 3 rings (SSSR count). The van der Waals surface area contributed by atoms with Gasteiger partial charge < -0.3 is 10.6 Å². The van der Waals surface area contributed by atoms with E-state index in [-0.39, 0.29) is 5.91 Å². The Balaban J connectivity index is 1.86. The summed E-state index contributed by atoms with van der Waals surface area (Å²) in [6.07, 6.45) is 0. The van der Waals surface area contributed by atoms with E-state index in [1.54, 1.807) is 0 Å². The van der Waals surface area contributed by atoms with E-state index in [0.29, 0.717) is 5.56 Å². The average Bonchev–Trinajstić information content (AvgIpc) is 2.59. The van der Waals surface area contributed by atoms with Gasteiger partial charge in [-0.2, -0.15) is 0 Å². The molecule has 0 bridgehead atoms. The number of carbonyl (C=O) groups is 1. The Morgan fingerprint density at radius 2 is 1.50 bits per heavy atom. The molecule has 0 aliphatic rings. The Morgan fingerprint density at radius 1 is 0.792 bits per heavy atom. The zero-order chi connectivity index (χ0) is 16.9. The summed E-state index contributed by atoms with van der Waals surface area (Å²) in [7, 11) is 0. The summed E-state index contributed by atoms with van der Waals surface area (Å²) in [5.41, 5.74) is 5.35. The van der Waals surface area contributed by atoms with Gasteiger partial charge in [-0.05, 0) is 55.3 Å². The van der Waals surface area contributed by atoms with Gasteiger partial charge >= 0.3 is 0 Å². The molecular formula is C21H20N2O. The normalized spacial score (nSPS) is 10.2. The fraction of sp³-hybridized carbons (Fsp3) is 0.0952. The fourth-order valence-corrected chi connectivity index (χ4v) is 2.53. The molecule has 0 aromatic heterocycles. The number of hydrogen-bond donors (Lipinski definition) is 2. The molecule has 1 amide bonds. The summed E-state index contributed by atoms with van der Waals surface area (Å²) in [5, 5.41) is 6.32. The monoisotopic (exact) mass is 316 g/mol. The lowest BCUT2D eigenvalue weighted by Gasteiger charge is -2.13. The molecule has 0 aliphatic heterocycles. The van der Waals surface area contributed by atoms with Crippen molar-refractivity contribution in [3.63, 3.8) is 0 Å². The van der Waals surface area contributed by atoms with E-state index >= 15 is 0 Å². The summed E-state index contributed by atoms with van der Waals surface area (Å²) in [5.74, 6) is -0.122. The average molecular weight is 316 g/mol. The minimum atomic E-state index is -0.122. The summed E-state index contributed by atoms with van der Waals surface area (Å²) >= 11 is 0. The maximum Gasteiger partial charge on any atom is 0.257 e. The number of benzene rings is 3. The third kappa shape index (κ3) is 3.63. The molecule has 24 heavy (non-hydrogen) atoms. The number of rotatable bonds is 4. The minimum absolute atomic E-state index is 0.122. The summed E-state index contributed by atoms with van der Waals surface area (Å²) < 4.78 is 0. The first-order valence-electron chi connectivity index (χ1n) is 7.93. The third-order valence-electron chi connectivity index (χ3n) is 3.87. The zero-order valence-electron chi connectivity index (χ0n) is 13.8. The van der Waals surface area contributed by atoms with E-state index in [1.165, 1.54) is 0 Å². The van der Waals surface area contributed by atoms with Gasteiger partial charge in [0, 0.05) is 11.4 Å². The molecule has 0 saturated heterocycles. The van der Waals surface area contributed by atoms with Gasteiger partial charge in [0.25, 0.3) is 5.91 Å². The topological polar surface area (TPSA) is 41.1 Å². The lowest BCUT2D eigenvalue weighted by molar-refractivity contribution is 0.102. The molecule has 0 atom stereocenters. The molecular weight excluding hydrogens is 296 g/mol. The first-order valence-corrected chi connectivity index (χ1v) is 7.93. The molecule has 3 heteroatoms. The first-order chi connectivity index (χ1) is 11.6. The minimum Gasteiger partial charge on any atom is -0.355 e. The third-order valence-corrected chi connectivity index (χ3v) is 3.87. The molecule has 0 aliphatic carbocycles. The summed E-state index contributed by atoms with van der Waals surface area (Å²) in [6, 6.07) is 23.4. The first kappa shape index (κ1) is 15.8. The molecule has 3 nitrogen and oxygen atoms in total. The Bertz CT molecular complexity index is 857. The number of carbonyl (C=O) groups excluding carboxylic acids is 1. The van der Waals surface area contributed by atoms with E-state index in [1.807, 2.05) is 86.6 Å². The molecule has 0 unspecified atom stereocenters. The van der Waals surface area contributed by atoms with Gasteiger partial charge in [0.05, 0.1) is 11.3 Å². The number of aryl methyl sites for hydroxylation is 2. The molecule has 0 radical (unpaired) electrons. The predicted octanol–water partition coefficient (Wildman–Crippen LogP) is 5.30. The van der Waals surface area contributed by atoms with E-state index < -0.39 is 0 Å². The quantitative estimate of drug-likeness (QED) is 0.686. The van der Waals surface area contributed by atoms with Crippen LogP contribution in [0.2, 0.25) is 0 Å². The van der Waals surface area contributed by atoms with E-state index in [9.17, 15) is 4.79 Å². The van der Waals surface area contributed by atoms with Crippen LogP contribution in [-0.4, -0.2) is 5.91 Å². The highest BCUT2D eigenvalue weighted by Gasteiger charge is 2.12. The van der Waals surface area contributed by atoms with Gasteiger partial charge in [0.1, 0.15) is 0 Å². The second kappa shape index (κ2) is 7.01. The molecule has 0 fully saturated rings. The number of nitrogens with one attached hydrogen (secondary N) is 2. The van der Waals surface area contributed by atoms with Crippen molar-refractivity contribution in [2.75, 3.05) is 10.6 Å². The van der Waals surface area contributed by atoms with Gasteiger partial charge in [-0.25, -0.2) is 0 Å². The highest BCUT2D eigenvalue weighted by Crippen LogP contribution is 2.23. The van der Waals surface area contributed by atoms with Crippen LogP contribution in [0.5, 0.6) is 0 Å². The molecule has 0 spiro atoms. The van der Waals surface area contributed by atoms with Crippen LogP contribution >= 0.6 is 0 Å². The lowest BCUT2D eigenvalue weighted by Crippen LogP contribution is -2.14. The highest BCUT2D eigenvalue weighted by molar-refractivity contribution is 6.08. The maximum absolute atomic E-state index is 12.7. The second-order valence-corrected chi connectivity index (χ2v) is 5.81. The standard InChI is InChI=1S/C21H20N2O/c1-15-12-13-16(2)20(14-15)23-21(24)18-10-6-7-11-19(18)22-17-8-4-3-5-9-17/h3-14,22H,1-2H3,(H,23,24). The molecule has 120 valence electrons. The Morgan fingerprint density at radius 3 is 2.29 bits per heavy atom. The summed E-state index contributed by atoms with van der Waals surface area (Å²) in [4.78, 5) is 12.7. The van der Waals surface area contributed by atoms with Crippen molar-refractivity contribution in [2.45, 2.75) is 13.8 Å². The van der Waals surface area contributed by atoms with Crippen molar-refractivity contribution < 1.29 is 4.79 Å². The van der Waals surface area contributed by atoms with Crippen LogP contribution in [0.25, 0.3) is 0 Å². The number of para-hydroxylation sites is 2. The number of anilines is 3. The summed E-state index contributed by atoms with van der Waals surface area (Å²) in [6.45, 7) is 4.00. The van der Waals surface area contributed by atoms with Crippen LogP contribution in [0.3, 0.4) is 0 Å². The second-order valence-electron chi connectivity index (χ2n) is 5.81. The molecule has 0 heterocycles. The Hall–Kier alpha value is -3.07. The van der Waals surface area contributed by atoms with Crippen molar-refractivity contribution in [2.24, 2.45) is 0 Å². The molecule has 3 aromatic rings. The number of hydrogen-bond acceptors (Lipinski definition) is 2. The highest BCUT2D eigenvalue weighted by atomic mass is 16.1. The lowest BCUT2D eigenvalue weighted by atomic mass is 10.1. The van der Waals surface area contributed by atoms with Crippen molar-refractivity contribution in [1.82, 2.24) is 0 Å². The van der Waals surface area contributed by atoms with Gasteiger partial charge in [0.2, 0.25) is 0 Å². The van der Waals surface area contributed by atoms with Crippen molar-refractivity contribution in [3.8, 4) is 0 Å². The van der Waals surface area contributed by atoms with Crippen LogP contribution in [0.4, 0.5) is 17.1 Å². The van der Waals surface area contributed by atoms with Crippen LogP contribution in [0.1, 0.15) is 21.5 Å². The van der Waals surface area contributed by atoms with Gasteiger partial charge in [-0.3, -0.25) is 4.79 Å². The van der Waals surface area contributed by atoms with Crippen LogP contribution in [-0.2, 0) is 0 Å². The van der Waals surface area contributed by atoms with E-state index in [0.717, 1.165) is 28.2 Å². The molecule has 3 aromatic carbocycles. The largest absolute Gasteiger partial charge is 0.355 e. The Labute approximate surface area is 142 Å².